The number of ether oxygens (including phenoxy) is 2. The average molecular weight is 418 g/mol. The first-order chi connectivity index (χ1) is 15.2. The molecule has 3 aromatic rings. The minimum absolute atomic E-state index is 0.0782. The van der Waals surface area contributed by atoms with E-state index in [2.05, 4.69) is 41.3 Å². The second kappa shape index (κ2) is 10.1. The molecule has 1 fully saturated rings. The molecule has 31 heavy (non-hydrogen) atoms. The maximum atomic E-state index is 10.7. The molecule has 0 aromatic heterocycles. The molecule has 1 aliphatic rings. The zero-order chi connectivity index (χ0) is 21.5. The quantitative estimate of drug-likeness (QED) is 0.567. The van der Waals surface area contributed by atoms with Crippen molar-refractivity contribution < 1.29 is 19.4 Å². The molecule has 0 amide bonds. The van der Waals surface area contributed by atoms with Gasteiger partial charge in [0.2, 0.25) is 0 Å². The van der Waals surface area contributed by atoms with Gasteiger partial charge in [0.1, 0.15) is 18.5 Å². The largest absolute Gasteiger partial charge is 0.489 e. The summed E-state index contributed by atoms with van der Waals surface area (Å²) in [5, 5.41) is 8.79. The first kappa shape index (κ1) is 20.9. The van der Waals surface area contributed by atoms with Crippen LogP contribution in [0.25, 0.3) is 0 Å². The van der Waals surface area contributed by atoms with E-state index in [4.69, 9.17) is 14.6 Å². The van der Waals surface area contributed by atoms with Gasteiger partial charge in [-0.25, -0.2) is 0 Å². The molecule has 5 heteroatoms. The second-order valence-electron chi connectivity index (χ2n) is 7.71. The van der Waals surface area contributed by atoms with Crippen molar-refractivity contribution in [3.63, 3.8) is 0 Å². The Hall–Kier alpha value is -3.31. The van der Waals surface area contributed by atoms with Crippen molar-refractivity contribution in [3.8, 4) is 5.75 Å². The Bertz CT molecular complexity index is 988. The van der Waals surface area contributed by atoms with E-state index in [9.17, 15) is 4.79 Å². The smallest absolute Gasteiger partial charge is 0.303 e. The number of hydrogen-bond acceptors (Lipinski definition) is 4. The van der Waals surface area contributed by atoms with Crippen molar-refractivity contribution in [2.45, 2.75) is 25.6 Å². The van der Waals surface area contributed by atoms with Crippen LogP contribution in [-0.2, 0) is 22.6 Å². The first-order valence-corrected chi connectivity index (χ1v) is 10.6. The Balaban J connectivity index is 1.35. The van der Waals surface area contributed by atoms with Crippen molar-refractivity contribution in [2.75, 3.05) is 24.6 Å². The van der Waals surface area contributed by atoms with Crippen molar-refractivity contribution in [3.05, 3.63) is 95.6 Å². The topological polar surface area (TPSA) is 59.0 Å². The van der Waals surface area contributed by atoms with Gasteiger partial charge in [-0.15, -0.1) is 0 Å². The Kier molecular flexibility index (Phi) is 6.85. The molecule has 0 spiro atoms. The lowest BCUT2D eigenvalue weighted by molar-refractivity contribution is -0.136. The number of nitrogens with zero attached hydrogens (tertiary/aromatic N) is 1. The van der Waals surface area contributed by atoms with Gasteiger partial charge in [0, 0.05) is 25.2 Å². The highest BCUT2D eigenvalue weighted by Crippen LogP contribution is 2.27. The van der Waals surface area contributed by atoms with Gasteiger partial charge < -0.3 is 19.5 Å². The Morgan fingerprint density at radius 1 is 1.00 bits per heavy atom. The molecule has 160 valence electrons. The van der Waals surface area contributed by atoms with Crippen LogP contribution >= 0.6 is 0 Å². The summed E-state index contributed by atoms with van der Waals surface area (Å²) in [4.78, 5) is 13.1. The lowest BCUT2D eigenvalue weighted by Crippen LogP contribution is -2.38. The van der Waals surface area contributed by atoms with Crippen molar-refractivity contribution in [1.82, 2.24) is 0 Å². The van der Waals surface area contributed by atoms with Crippen LogP contribution in [0.3, 0.4) is 0 Å². The maximum Gasteiger partial charge on any atom is 0.303 e. The number of hydrogen-bond donors (Lipinski definition) is 1. The van der Waals surface area contributed by atoms with Crippen LogP contribution in [0.1, 0.15) is 29.2 Å². The Labute approximate surface area is 182 Å². The van der Waals surface area contributed by atoms with Crippen LogP contribution in [0.4, 0.5) is 5.69 Å². The van der Waals surface area contributed by atoms with Crippen LogP contribution < -0.4 is 9.64 Å². The van der Waals surface area contributed by atoms with E-state index in [1.54, 1.807) is 0 Å². The highest BCUT2D eigenvalue weighted by atomic mass is 16.5. The van der Waals surface area contributed by atoms with Crippen LogP contribution in [0.2, 0.25) is 0 Å². The summed E-state index contributed by atoms with van der Waals surface area (Å²) in [6, 6.07) is 26.4. The molecule has 1 N–H and O–H groups in total. The van der Waals surface area contributed by atoms with Gasteiger partial charge in [0.05, 0.1) is 6.61 Å². The van der Waals surface area contributed by atoms with Crippen LogP contribution in [0, 0.1) is 0 Å². The maximum absolute atomic E-state index is 10.7. The molecule has 0 saturated carbocycles. The van der Waals surface area contributed by atoms with Gasteiger partial charge in [0.25, 0.3) is 0 Å². The fourth-order valence-electron chi connectivity index (χ4n) is 3.77. The number of carboxylic acids is 1. The van der Waals surface area contributed by atoms with Gasteiger partial charge in [-0.2, -0.15) is 0 Å². The minimum Gasteiger partial charge on any atom is -0.489 e. The lowest BCUT2D eigenvalue weighted by atomic mass is 10.1. The van der Waals surface area contributed by atoms with Crippen LogP contribution in [-0.4, -0.2) is 30.8 Å². The van der Waals surface area contributed by atoms with Gasteiger partial charge in [-0.1, -0.05) is 54.6 Å². The molecule has 5 nitrogen and oxygen atoms in total. The van der Waals surface area contributed by atoms with E-state index >= 15 is 0 Å². The monoisotopic (exact) mass is 417 g/mol. The third-order valence-electron chi connectivity index (χ3n) is 5.47. The molecule has 0 bridgehead atoms. The minimum atomic E-state index is -0.782. The van der Waals surface area contributed by atoms with E-state index in [1.165, 1.54) is 11.3 Å². The molecule has 1 heterocycles. The summed E-state index contributed by atoms with van der Waals surface area (Å²) >= 11 is 0. The van der Waals surface area contributed by atoms with Crippen molar-refractivity contribution in [2.24, 2.45) is 0 Å². The molecule has 3 aromatic carbocycles. The van der Waals surface area contributed by atoms with E-state index in [0.29, 0.717) is 19.6 Å². The zero-order valence-electron chi connectivity index (χ0n) is 17.4. The number of anilines is 1. The van der Waals surface area contributed by atoms with Crippen molar-refractivity contribution >= 4 is 11.7 Å². The molecule has 1 saturated heterocycles. The normalized spacial score (nSPS) is 16.1. The van der Waals surface area contributed by atoms with Gasteiger partial charge in [-0.05, 0) is 47.4 Å². The van der Waals surface area contributed by atoms with Crippen LogP contribution in [0.5, 0.6) is 5.75 Å². The highest BCUT2D eigenvalue weighted by Gasteiger charge is 2.22. The highest BCUT2D eigenvalue weighted by molar-refractivity contribution is 5.67. The molecule has 1 aliphatic heterocycles. The number of benzene rings is 3. The molecule has 1 atom stereocenters. The third-order valence-corrected chi connectivity index (χ3v) is 5.47. The number of carbonyl (C=O) groups is 1. The number of carboxylic acid groups (broad SMARTS) is 1. The fraction of sp³-hybridized carbons (Fsp3) is 0.269. The van der Waals surface area contributed by atoms with E-state index in [0.717, 1.165) is 30.0 Å². The SMILES string of the molecule is O=C(O)CCc1ccc(OCc2cccc(N3CCOC(c4ccccc4)C3)c2)cc1. The summed E-state index contributed by atoms with van der Waals surface area (Å²) in [6.07, 6.45) is 0.746. The number of aliphatic carboxylic acids is 1. The molecular weight excluding hydrogens is 390 g/mol. The van der Waals surface area contributed by atoms with Crippen LogP contribution in [0.15, 0.2) is 78.9 Å². The number of rotatable bonds is 8. The number of morpholine rings is 1. The number of aryl methyl sites for hydroxylation is 1. The molecular formula is C26H27NO4. The third kappa shape index (κ3) is 5.86. The fourth-order valence-corrected chi connectivity index (χ4v) is 3.77. The predicted molar refractivity (Wildman–Crippen MR) is 121 cm³/mol. The van der Waals surface area contributed by atoms with Crippen molar-refractivity contribution in [1.29, 1.82) is 0 Å². The predicted octanol–water partition coefficient (Wildman–Crippen LogP) is 4.86. The summed E-state index contributed by atoms with van der Waals surface area (Å²) < 4.78 is 11.9. The summed E-state index contributed by atoms with van der Waals surface area (Å²) in [7, 11) is 0. The van der Waals surface area contributed by atoms with Gasteiger partial charge >= 0.3 is 5.97 Å². The van der Waals surface area contributed by atoms with E-state index < -0.39 is 5.97 Å². The zero-order valence-corrected chi connectivity index (χ0v) is 17.4. The Morgan fingerprint density at radius 3 is 2.58 bits per heavy atom. The van der Waals surface area contributed by atoms with E-state index in [1.807, 2.05) is 42.5 Å². The first-order valence-electron chi connectivity index (χ1n) is 10.6. The second-order valence-corrected chi connectivity index (χ2v) is 7.71. The summed E-state index contributed by atoms with van der Waals surface area (Å²) in [5.41, 5.74) is 4.49. The molecule has 0 aliphatic carbocycles. The van der Waals surface area contributed by atoms with Gasteiger partial charge in [-0.3, -0.25) is 4.79 Å². The molecule has 0 radical (unpaired) electrons. The average Bonchev–Trinajstić information content (AvgIpc) is 2.83. The Morgan fingerprint density at radius 2 is 1.81 bits per heavy atom. The summed E-state index contributed by atoms with van der Waals surface area (Å²) in [5.74, 6) is -0.00411. The van der Waals surface area contributed by atoms with Gasteiger partial charge in [0.15, 0.2) is 0 Å². The summed E-state index contributed by atoms with van der Waals surface area (Å²) in [6.45, 7) is 2.88. The standard InChI is InChI=1S/C26H27NO4/c28-26(29)14-11-20-9-12-24(13-10-20)31-19-21-5-4-8-23(17-21)27-15-16-30-25(18-27)22-6-2-1-3-7-22/h1-10,12-13,17,25H,11,14-16,18-19H2,(H,28,29). The molecule has 1 unspecified atom stereocenters. The lowest BCUT2D eigenvalue weighted by Gasteiger charge is -2.35. The molecule has 4 rings (SSSR count). The van der Waals surface area contributed by atoms with E-state index in [-0.39, 0.29) is 12.5 Å².